The first kappa shape index (κ1) is 12.1. The molecule has 2 atom stereocenters. The van der Waals surface area contributed by atoms with Crippen LogP contribution in [0.3, 0.4) is 0 Å². The van der Waals surface area contributed by atoms with E-state index in [0.29, 0.717) is 5.92 Å². The summed E-state index contributed by atoms with van der Waals surface area (Å²) in [5.74, 6) is 0.639. The number of hydrogen-bond donors (Lipinski definition) is 1. The van der Waals surface area contributed by atoms with Crippen molar-refractivity contribution in [3.63, 3.8) is 0 Å². The van der Waals surface area contributed by atoms with Crippen molar-refractivity contribution >= 4 is 15.9 Å². The van der Waals surface area contributed by atoms with Crippen molar-refractivity contribution in [2.75, 3.05) is 0 Å². The van der Waals surface area contributed by atoms with Gasteiger partial charge in [-0.05, 0) is 42.9 Å². The van der Waals surface area contributed by atoms with Crippen molar-refractivity contribution < 1.29 is 0 Å². The van der Waals surface area contributed by atoms with Gasteiger partial charge in [0.2, 0.25) is 0 Å². The molecule has 1 aromatic carbocycles. The fraction of sp³-hybridized carbons (Fsp3) is 0.571. The van der Waals surface area contributed by atoms with Gasteiger partial charge >= 0.3 is 0 Å². The Labute approximate surface area is 107 Å². The van der Waals surface area contributed by atoms with Gasteiger partial charge in [0.25, 0.3) is 0 Å². The van der Waals surface area contributed by atoms with E-state index in [2.05, 4.69) is 47.1 Å². The van der Waals surface area contributed by atoms with Crippen molar-refractivity contribution in [2.24, 2.45) is 11.7 Å². The van der Waals surface area contributed by atoms with Crippen molar-refractivity contribution in [2.45, 2.75) is 44.6 Å². The molecule has 0 radical (unpaired) electrons. The largest absolute Gasteiger partial charge is 0.325 e. The van der Waals surface area contributed by atoms with Gasteiger partial charge in [-0.1, -0.05) is 47.8 Å². The Kier molecular flexibility index (Phi) is 3.70. The number of hydrogen-bond acceptors (Lipinski definition) is 1. The molecular formula is C14H20BrN. The smallest absolute Gasteiger partial charge is 0.0221 e. The number of rotatable bonds is 2. The van der Waals surface area contributed by atoms with E-state index in [9.17, 15) is 0 Å². The average Bonchev–Trinajstić information content (AvgIpc) is 2.23. The maximum Gasteiger partial charge on any atom is 0.0221 e. The number of benzene rings is 1. The third-order valence-corrected chi connectivity index (χ3v) is 4.43. The highest BCUT2D eigenvalue weighted by atomic mass is 79.9. The summed E-state index contributed by atoms with van der Waals surface area (Å²) in [4.78, 5) is 0. The quantitative estimate of drug-likeness (QED) is 0.874. The molecule has 2 rings (SSSR count). The molecule has 2 N–H and O–H groups in total. The first-order chi connectivity index (χ1) is 7.60. The summed E-state index contributed by atoms with van der Waals surface area (Å²) in [5.41, 5.74) is 7.93. The molecule has 1 aliphatic rings. The normalized spacial score (nSPS) is 30.3. The predicted molar refractivity (Wildman–Crippen MR) is 72.4 cm³/mol. The number of nitrogens with two attached hydrogens (primary N) is 1. The van der Waals surface area contributed by atoms with Crippen LogP contribution >= 0.6 is 15.9 Å². The zero-order chi connectivity index (χ0) is 11.6. The summed E-state index contributed by atoms with van der Waals surface area (Å²) in [5, 5.41) is 0. The minimum absolute atomic E-state index is 0.0129. The Bertz CT molecular complexity index is 364. The summed E-state index contributed by atoms with van der Waals surface area (Å²) in [6.45, 7) is 2.30. The van der Waals surface area contributed by atoms with Crippen LogP contribution in [0, 0.1) is 5.92 Å². The maximum atomic E-state index is 6.57. The lowest BCUT2D eigenvalue weighted by atomic mass is 9.71. The Morgan fingerprint density at radius 3 is 2.94 bits per heavy atom. The zero-order valence-electron chi connectivity index (χ0n) is 9.88. The molecule has 0 saturated heterocycles. The Morgan fingerprint density at radius 1 is 1.44 bits per heavy atom. The van der Waals surface area contributed by atoms with E-state index in [4.69, 9.17) is 5.73 Å². The summed E-state index contributed by atoms with van der Waals surface area (Å²) in [7, 11) is 0. The van der Waals surface area contributed by atoms with Gasteiger partial charge in [0, 0.05) is 10.0 Å². The minimum atomic E-state index is 0.0129. The minimum Gasteiger partial charge on any atom is -0.325 e. The van der Waals surface area contributed by atoms with Crippen LogP contribution in [0.1, 0.15) is 38.2 Å². The monoisotopic (exact) mass is 281 g/mol. The molecule has 88 valence electrons. The summed E-state index contributed by atoms with van der Waals surface area (Å²) in [6, 6.07) is 8.53. The lowest BCUT2D eigenvalue weighted by molar-refractivity contribution is 0.204. The van der Waals surface area contributed by atoms with E-state index in [-0.39, 0.29) is 5.54 Å². The molecule has 0 aromatic heterocycles. The van der Waals surface area contributed by atoms with Crippen LogP contribution in [0.4, 0.5) is 0 Å². The van der Waals surface area contributed by atoms with Crippen LogP contribution in [0.2, 0.25) is 0 Å². The molecule has 16 heavy (non-hydrogen) atoms. The van der Waals surface area contributed by atoms with Gasteiger partial charge in [-0.15, -0.1) is 0 Å². The molecule has 0 amide bonds. The van der Waals surface area contributed by atoms with E-state index in [1.165, 1.54) is 31.2 Å². The average molecular weight is 282 g/mol. The molecule has 2 heteroatoms. The zero-order valence-corrected chi connectivity index (χ0v) is 11.5. The first-order valence-electron chi connectivity index (χ1n) is 6.13. The molecule has 2 unspecified atom stereocenters. The van der Waals surface area contributed by atoms with Crippen LogP contribution in [-0.4, -0.2) is 5.54 Å². The van der Waals surface area contributed by atoms with Gasteiger partial charge in [0.05, 0.1) is 0 Å². The van der Waals surface area contributed by atoms with Gasteiger partial charge in [-0.2, -0.15) is 0 Å². The second kappa shape index (κ2) is 4.89. The van der Waals surface area contributed by atoms with Crippen LogP contribution in [-0.2, 0) is 6.42 Å². The SMILES string of the molecule is CC1CCCCC1(N)Cc1cccc(Br)c1. The molecule has 1 aliphatic carbocycles. The fourth-order valence-electron chi connectivity index (χ4n) is 2.73. The summed E-state index contributed by atoms with van der Waals surface area (Å²) in [6.07, 6.45) is 6.09. The second-order valence-corrected chi connectivity index (χ2v) is 6.10. The molecule has 0 bridgehead atoms. The summed E-state index contributed by atoms with van der Waals surface area (Å²) < 4.78 is 1.15. The van der Waals surface area contributed by atoms with E-state index in [0.717, 1.165) is 10.9 Å². The van der Waals surface area contributed by atoms with E-state index in [1.54, 1.807) is 0 Å². The Morgan fingerprint density at radius 2 is 2.25 bits per heavy atom. The second-order valence-electron chi connectivity index (χ2n) is 5.19. The fourth-order valence-corrected chi connectivity index (χ4v) is 3.17. The molecule has 1 saturated carbocycles. The lowest BCUT2D eigenvalue weighted by Gasteiger charge is -2.39. The van der Waals surface area contributed by atoms with Crippen molar-refractivity contribution in [1.82, 2.24) is 0 Å². The van der Waals surface area contributed by atoms with Gasteiger partial charge in [0.1, 0.15) is 0 Å². The third kappa shape index (κ3) is 2.67. The Hall–Kier alpha value is -0.340. The standard InChI is InChI=1S/C14H20BrN/c1-11-5-2-3-8-14(11,16)10-12-6-4-7-13(15)9-12/h4,6-7,9,11H,2-3,5,8,10,16H2,1H3. The molecule has 0 spiro atoms. The van der Waals surface area contributed by atoms with Crippen LogP contribution in [0.5, 0.6) is 0 Å². The van der Waals surface area contributed by atoms with Gasteiger partial charge in [-0.3, -0.25) is 0 Å². The predicted octanol–water partition coefficient (Wildman–Crippen LogP) is 3.90. The van der Waals surface area contributed by atoms with Crippen LogP contribution in [0.25, 0.3) is 0 Å². The highest BCUT2D eigenvalue weighted by Gasteiger charge is 2.34. The first-order valence-corrected chi connectivity index (χ1v) is 6.93. The molecule has 1 fully saturated rings. The Balaban J connectivity index is 2.13. The summed E-state index contributed by atoms with van der Waals surface area (Å²) >= 11 is 3.52. The van der Waals surface area contributed by atoms with E-state index < -0.39 is 0 Å². The highest BCUT2D eigenvalue weighted by molar-refractivity contribution is 9.10. The molecule has 0 heterocycles. The molecular weight excluding hydrogens is 262 g/mol. The maximum absolute atomic E-state index is 6.57. The third-order valence-electron chi connectivity index (χ3n) is 3.93. The highest BCUT2D eigenvalue weighted by Crippen LogP contribution is 2.34. The van der Waals surface area contributed by atoms with E-state index >= 15 is 0 Å². The molecule has 1 aromatic rings. The van der Waals surface area contributed by atoms with Crippen molar-refractivity contribution in [3.8, 4) is 0 Å². The van der Waals surface area contributed by atoms with Gasteiger partial charge < -0.3 is 5.73 Å². The van der Waals surface area contributed by atoms with Crippen LogP contribution < -0.4 is 5.73 Å². The lowest BCUT2D eigenvalue weighted by Crippen LogP contribution is -2.49. The van der Waals surface area contributed by atoms with Crippen LogP contribution in [0.15, 0.2) is 28.7 Å². The van der Waals surface area contributed by atoms with E-state index in [1.807, 2.05) is 0 Å². The van der Waals surface area contributed by atoms with Crippen molar-refractivity contribution in [1.29, 1.82) is 0 Å². The van der Waals surface area contributed by atoms with Gasteiger partial charge in [0.15, 0.2) is 0 Å². The topological polar surface area (TPSA) is 26.0 Å². The van der Waals surface area contributed by atoms with Crippen molar-refractivity contribution in [3.05, 3.63) is 34.3 Å². The molecule has 1 nitrogen and oxygen atoms in total. The number of halogens is 1. The molecule has 0 aliphatic heterocycles. The van der Waals surface area contributed by atoms with Gasteiger partial charge in [-0.25, -0.2) is 0 Å².